The smallest absolute Gasteiger partial charge is 0.130 e. The van der Waals surface area contributed by atoms with E-state index in [1.807, 2.05) is 6.07 Å². The van der Waals surface area contributed by atoms with Crippen LogP contribution in [0.4, 0.5) is 0 Å². The Morgan fingerprint density at radius 2 is 1.74 bits per heavy atom. The van der Waals surface area contributed by atoms with Gasteiger partial charge in [-0.25, -0.2) is 0 Å². The van der Waals surface area contributed by atoms with Gasteiger partial charge < -0.3 is 14.4 Å². The third-order valence-electron chi connectivity index (χ3n) is 6.85. The fraction of sp³-hybridized carbons (Fsp3) is 0.500. The van der Waals surface area contributed by atoms with Gasteiger partial charge in [0, 0.05) is 18.7 Å². The van der Waals surface area contributed by atoms with Gasteiger partial charge in [0.05, 0.1) is 17.5 Å². The second-order valence-corrected chi connectivity index (χ2v) is 9.21. The summed E-state index contributed by atoms with van der Waals surface area (Å²) < 4.78 is 12.5. The molecule has 164 valence electrons. The van der Waals surface area contributed by atoms with E-state index in [0.29, 0.717) is 12.0 Å². The average Bonchev–Trinajstić information content (AvgIpc) is 3.25. The number of rotatable bonds is 6. The van der Waals surface area contributed by atoms with E-state index in [2.05, 4.69) is 58.5 Å². The largest absolute Gasteiger partial charge is 0.493 e. The fourth-order valence-electron chi connectivity index (χ4n) is 4.92. The van der Waals surface area contributed by atoms with Crippen LogP contribution in [0.1, 0.15) is 44.9 Å². The number of hydrogen-bond donors (Lipinski definition) is 1. The minimum Gasteiger partial charge on any atom is -0.493 e. The number of benzene rings is 2. The molecule has 2 heterocycles. The van der Waals surface area contributed by atoms with E-state index in [4.69, 9.17) is 9.47 Å². The summed E-state index contributed by atoms with van der Waals surface area (Å²) in [6.07, 6.45) is 9.10. The van der Waals surface area contributed by atoms with E-state index in [9.17, 15) is 0 Å². The third-order valence-corrected chi connectivity index (χ3v) is 6.85. The SMILES string of the molecule is CN1CCC(Oc2ccc(-c3n[nH]c4cccc(OCC5CCCCC5)c34)cc2)CC1. The number of piperidine rings is 1. The molecule has 31 heavy (non-hydrogen) atoms. The minimum atomic E-state index is 0.313. The molecule has 0 atom stereocenters. The maximum atomic E-state index is 6.32. The van der Waals surface area contributed by atoms with Crippen molar-refractivity contribution in [3.8, 4) is 22.8 Å². The fourth-order valence-corrected chi connectivity index (χ4v) is 4.92. The van der Waals surface area contributed by atoms with Gasteiger partial charge in [-0.3, -0.25) is 5.10 Å². The molecule has 2 fully saturated rings. The van der Waals surface area contributed by atoms with Gasteiger partial charge in [-0.15, -0.1) is 0 Å². The van der Waals surface area contributed by atoms with Gasteiger partial charge in [0.2, 0.25) is 0 Å². The predicted molar refractivity (Wildman–Crippen MR) is 125 cm³/mol. The van der Waals surface area contributed by atoms with E-state index in [1.165, 1.54) is 32.1 Å². The number of ether oxygens (including phenoxy) is 2. The second-order valence-electron chi connectivity index (χ2n) is 9.21. The first-order chi connectivity index (χ1) is 15.3. The van der Waals surface area contributed by atoms with Crippen LogP contribution in [0, 0.1) is 5.92 Å². The van der Waals surface area contributed by atoms with E-state index in [1.54, 1.807) is 0 Å². The van der Waals surface area contributed by atoms with Gasteiger partial charge in [0.1, 0.15) is 23.3 Å². The van der Waals surface area contributed by atoms with Crippen LogP contribution < -0.4 is 9.47 Å². The zero-order valence-corrected chi connectivity index (χ0v) is 18.5. The zero-order valence-electron chi connectivity index (χ0n) is 18.5. The van der Waals surface area contributed by atoms with E-state index < -0.39 is 0 Å². The van der Waals surface area contributed by atoms with E-state index in [0.717, 1.165) is 66.2 Å². The minimum absolute atomic E-state index is 0.313. The highest BCUT2D eigenvalue weighted by Gasteiger charge is 2.19. The number of hydrogen-bond acceptors (Lipinski definition) is 4. The molecular weight excluding hydrogens is 386 g/mol. The first-order valence-electron chi connectivity index (χ1n) is 11.8. The molecule has 0 radical (unpaired) electrons. The van der Waals surface area contributed by atoms with Crippen LogP contribution in [0.5, 0.6) is 11.5 Å². The standard InChI is InChI=1S/C26H33N3O2/c1-29-16-14-22(15-17-29)31-21-12-10-20(11-13-21)26-25-23(27-28-26)8-5-9-24(25)30-18-19-6-3-2-4-7-19/h5,8-13,19,22H,2-4,6-7,14-18H2,1H3,(H,27,28). The Bertz CT molecular complexity index is 984. The normalized spacial score (nSPS) is 19.0. The highest BCUT2D eigenvalue weighted by Crippen LogP contribution is 2.35. The molecular formula is C26H33N3O2. The van der Waals surface area contributed by atoms with Crippen molar-refractivity contribution in [2.75, 3.05) is 26.7 Å². The quantitative estimate of drug-likeness (QED) is 0.560. The monoisotopic (exact) mass is 419 g/mol. The van der Waals surface area contributed by atoms with Crippen LogP contribution in [0.3, 0.4) is 0 Å². The molecule has 1 aromatic heterocycles. The lowest BCUT2D eigenvalue weighted by atomic mass is 9.90. The zero-order chi connectivity index (χ0) is 21.0. The lowest BCUT2D eigenvalue weighted by molar-refractivity contribution is 0.114. The summed E-state index contributed by atoms with van der Waals surface area (Å²) in [5.74, 6) is 2.54. The van der Waals surface area contributed by atoms with Gasteiger partial charge in [-0.1, -0.05) is 25.3 Å². The number of aromatic nitrogens is 2. The number of nitrogens with zero attached hydrogens (tertiary/aromatic N) is 2. The maximum Gasteiger partial charge on any atom is 0.130 e. The number of fused-ring (bicyclic) bond motifs is 1. The van der Waals surface area contributed by atoms with Crippen LogP contribution in [-0.2, 0) is 0 Å². The van der Waals surface area contributed by atoms with Gasteiger partial charge in [-0.05, 0) is 75.0 Å². The number of aromatic amines is 1. The molecule has 0 spiro atoms. The molecule has 0 bridgehead atoms. The predicted octanol–water partition coefficient (Wildman–Crippen LogP) is 5.66. The Morgan fingerprint density at radius 1 is 0.968 bits per heavy atom. The molecule has 1 aliphatic carbocycles. The van der Waals surface area contributed by atoms with E-state index in [-0.39, 0.29) is 0 Å². The molecule has 2 aromatic carbocycles. The highest BCUT2D eigenvalue weighted by atomic mass is 16.5. The van der Waals surface area contributed by atoms with Gasteiger partial charge in [-0.2, -0.15) is 5.10 Å². The Morgan fingerprint density at radius 3 is 2.52 bits per heavy atom. The van der Waals surface area contributed by atoms with Crippen molar-refractivity contribution < 1.29 is 9.47 Å². The van der Waals surface area contributed by atoms with Crippen LogP contribution in [-0.4, -0.2) is 47.9 Å². The van der Waals surface area contributed by atoms with Gasteiger partial charge in [0.15, 0.2) is 0 Å². The molecule has 2 aliphatic rings. The first-order valence-corrected chi connectivity index (χ1v) is 11.8. The van der Waals surface area contributed by atoms with Crippen molar-refractivity contribution in [2.45, 2.75) is 51.0 Å². The molecule has 3 aromatic rings. The summed E-state index contributed by atoms with van der Waals surface area (Å²) in [4.78, 5) is 2.36. The molecule has 1 N–H and O–H groups in total. The van der Waals surface area contributed by atoms with Crippen molar-refractivity contribution in [1.29, 1.82) is 0 Å². The number of nitrogens with one attached hydrogen (secondary N) is 1. The Hall–Kier alpha value is -2.53. The third kappa shape index (κ3) is 4.72. The van der Waals surface area contributed by atoms with Crippen molar-refractivity contribution in [2.24, 2.45) is 5.92 Å². The Kier molecular flexibility index (Phi) is 6.12. The summed E-state index contributed by atoms with van der Waals surface area (Å²) in [5.41, 5.74) is 3.04. The van der Waals surface area contributed by atoms with Crippen molar-refractivity contribution in [3.05, 3.63) is 42.5 Å². The molecule has 1 aliphatic heterocycles. The molecule has 5 nitrogen and oxygen atoms in total. The lowest BCUT2D eigenvalue weighted by Gasteiger charge is -2.29. The lowest BCUT2D eigenvalue weighted by Crippen LogP contribution is -2.35. The van der Waals surface area contributed by atoms with Crippen LogP contribution >= 0.6 is 0 Å². The number of H-pyrrole nitrogens is 1. The van der Waals surface area contributed by atoms with Crippen LogP contribution in [0.2, 0.25) is 0 Å². The van der Waals surface area contributed by atoms with Crippen molar-refractivity contribution in [1.82, 2.24) is 15.1 Å². The average molecular weight is 420 g/mol. The van der Waals surface area contributed by atoms with Crippen LogP contribution in [0.25, 0.3) is 22.2 Å². The van der Waals surface area contributed by atoms with Crippen molar-refractivity contribution in [3.63, 3.8) is 0 Å². The molecule has 0 amide bonds. The maximum absolute atomic E-state index is 6.32. The molecule has 1 saturated heterocycles. The highest BCUT2D eigenvalue weighted by molar-refractivity contribution is 5.97. The summed E-state index contributed by atoms with van der Waals surface area (Å²) in [6, 6.07) is 14.5. The molecule has 0 unspecified atom stereocenters. The second kappa shape index (κ2) is 9.31. The summed E-state index contributed by atoms with van der Waals surface area (Å²) in [5, 5.41) is 8.88. The summed E-state index contributed by atoms with van der Waals surface area (Å²) in [6.45, 7) is 3.00. The topological polar surface area (TPSA) is 50.4 Å². The Labute approximate surface area is 184 Å². The summed E-state index contributed by atoms with van der Waals surface area (Å²) in [7, 11) is 2.17. The summed E-state index contributed by atoms with van der Waals surface area (Å²) >= 11 is 0. The van der Waals surface area contributed by atoms with Crippen LogP contribution in [0.15, 0.2) is 42.5 Å². The molecule has 5 heteroatoms. The molecule has 5 rings (SSSR count). The first kappa shape index (κ1) is 20.4. The Balaban J connectivity index is 1.32. The van der Waals surface area contributed by atoms with Gasteiger partial charge >= 0.3 is 0 Å². The number of likely N-dealkylation sites (tertiary alicyclic amines) is 1. The van der Waals surface area contributed by atoms with E-state index >= 15 is 0 Å². The molecule has 1 saturated carbocycles. The van der Waals surface area contributed by atoms with Crippen molar-refractivity contribution >= 4 is 10.9 Å². The van der Waals surface area contributed by atoms with Gasteiger partial charge in [0.25, 0.3) is 0 Å².